The van der Waals surface area contributed by atoms with Gasteiger partial charge in [0.2, 0.25) is 5.88 Å². The molecule has 8 heteroatoms. The first kappa shape index (κ1) is 20.2. The van der Waals surface area contributed by atoms with E-state index in [1.54, 1.807) is 19.4 Å². The molecule has 31 heavy (non-hydrogen) atoms. The van der Waals surface area contributed by atoms with Crippen LogP contribution in [0, 0.1) is 17.7 Å². The summed E-state index contributed by atoms with van der Waals surface area (Å²) in [6.45, 7) is 2.38. The van der Waals surface area contributed by atoms with Gasteiger partial charge in [-0.05, 0) is 42.5 Å². The van der Waals surface area contributed by atoms with E-state index in [0.29, 0.717) is 23.8 Å². The number of ether oxygens (including phenoxy) is 2. The fraction of sp³-hybridized carbons (Fsp3) is 0.478. The van der Waals surface area contributed by atoms with E-state index in [2.05, 4.69) is 21.1 Å². The molecular weight excluding hydrogens is 399 g/mol. The van der Waals surface area contributed by atoms with Crippen LogP contribution in [0.4, 0.5) is 4.39 Å². The summed E-state index contributed by atoms with van der Waals surface area (Å²) < 4.78 is 26.4. The van der Waals surface area contributed by atoms with Crippen molar-refractivity contribution >= 4 is 10.9 Å². The fourth-order valence-electron chi connectivity index (χ4n) is 5.56. The number of hydrogen-bond donors (Lipinski definition) is 1. The maximum Gasteiger partial charge on any atom is 0.319 e. The van der Waals surface area contributed by atoms with Crippen molar-refractivity contribution in [2.75, 3.05) is 27.3 Å². The number of benzene rings is 1. The molecule has 1 aromatic carbocycles. The molecule has 1 saturated carbocycles. The Balaban J connectivity index is 1.41. The van der Waals surface area contributed by atoms with Crippen molar-refractivity contribution in [2.45, 2.75) is 25.0 Å². The van der Waals surface area contributed by atoms with Gasteiger partial charge in [0, 0.05) is 55.9 Å². The average Bonchev–Trinajstić information content (AvgIpc) is 3.41. The Bertz CT molecular complexity index is 1130. The molecule has 0 unspecified atom stereocenters. The van der Waals surface area contributed by atoms with Gasteiger partial charge < -0.3 is 19.1 Å². The van der Waals surface area contributed by atoms with Crippen LogP contribution < -0.4 is 9.47 Å². The third kappa shape index (κ3) is 3.25. The van der Waals surface area contributed by atoms with Gasteiger partial charge in [0.1, 0.15) is 11.4 Å². The van der Waals surface area contributed by atoms with Crippen LogP contribution in [0.3, 0.4) is 0 Å². The summed E-state index contributed by atoms with van der Waals surface area (Å²) in [5.74, 6) is 0.575. The number of methoxy groups -OCH3 is 2. The average molecular weight is 426 g/mol. The lowest BCUT2D eigenvalue weighted by atomic mass is 9.83. The Labute approximate surface area is 180 Å². The van der Waals surface area contributed by atoms with Crippen LogP contribution >= 0.6 is 0 Å². The standard InChI is InChI=1S/C23H27FN4O3/c1-27-10-15(17-8-16(24)4-5-20(17)27)12-28-11-14-6-7-23(29,19(14)13-28)18-9-25-22(31-3)26-21(18)30-2/h4-5,8-10,14,19,29H,6-7,11-13H2,1-3H3/t14-,19+,23+/m0/s1. The smallest absolute Gasteiger partial charge is 0.319 e. The van der Waals surface area contributed by atoms with Crippen molar-refractivity contribution in [1.29, 1.82) is 0 Å². The van der Waals surface area contributed by atoms with Gasteiger partial charge in [0.05, 0.1) is 19.8 Å². The molecule has 3 atom stereocenters. The Kier molecular flexibility index (Phi) is 4.86. The SMILES string of the molecule is COc1ncc([C@]2(O)CC[C@H]3CN(Cc4cn(C)c5ccc(F)cc45)C[C@H]32)c(OC)n1. The van der Waals surface area contributed by atoms with Gasteiger partial charge in [0.15, 0.2) is 0 Å². The lowest BCUT2D eigenvalue weighted by Crippen LogP contribution is -2.35. The predicted molar refractivity (Wildman–Crippen MR) is 113 cm³/mol. The van der Waals surface area contributed by atoms with Crippen molar-refractivity contribution in [1.82, 2.24) is 19.4 Å². The zero-order valence-corrected chi connectivity index (χ0v) is 18.0. The Morgan fingerprint density at radius 3 is 2.87 bits per heavy atom. The molecule has 3 aromatic rings. The van der Waals surface area contributed by atoms with Crippen LogP contribution in [0.5, 0.6) is 11.9 Å². The van der Waals surface area contributed by atoms with Gasteiger partial charge in [-0.15, -0.1) is 0 Å². The highest BCUT2D eigenvalue weighted by Crippen LogP contribution is 2.52. The molecule has 3 heterocycles. The number of fused-ring (bicyclic) bond motifs is 2. The number of aliphatic hydroxyl groups is 1. The highest BCUT2D eigenvalue weighted by molar-refractivity contribution is 5.84. The second kappa shape index (κ2) is 7.46. The zero-order valence-electron chi connectivity index (χ0n) is 18.0. The van der Waals surface area contributed by atoms with Crippen LogP contribution in [0.15, 0.2) is 30.6 Å². The van der Waals surface area contributed by atoms with Gasteiger partial charge >= 0.3 is 6.01 Å². The van der Waals surface area contributed by atoms with Crippen LogP contribution in [0.2, 0.25) is 0 Å². The van der Waals surface area contributed by atoms with Crippen LogP contribution in [0.25, 0.3) is 10.9 Å². The minimum Gasteiger partial charge on any atom is -0.481 e. The number of nitrogens with zero attached hydrogens (tertiary/aromatic N) is 4. The summed E-state index contributed by atoms with van der Waals surface area (Å²) in [5, 5.41) is 12.7. The molecule has 2 aromatic heterocycles. The maximum atomic E-state index is 13.9. The van der Waals surface area contributed by atoms with Crippen LogP contribution in [0.1, 0.15) is 24.0 Å². The predicted octanol–water partition coefficient (Wildman–Crippen LogP) is 2.85. The summed E-state index contributed by atoms with van der Waals surface area (Å²) in [6.07, 6.45) is 5.28. The van der Waals surface area contributed by atoms with E-state index < -0.39 is 5.60 Å². The normalized spacial score (nSPS) is 25.8. The van der Waals surface area contributed by atoms with E-state index in [-0.39, 0.29) is 17.7 Å². The van der Waals surface area contributed by atoms with Crippen molar-refractivity contribution in [3.8, 4) is 11.9 Å². The molecule has 7 nitrogen and oxygen atoms in total. The van der Waals surface area contributed by atoms with Crippen LogP contribution in [-0.4, -0.2) is 51.9 Å². The first-order chi connectivity index (χ1) is 14.9. The van der Waals surface area contributed by atoms with E-state index in [1.807, 2.05) is 17.7 Å². The maximum absolute atomic E-state index is 13.9. The third-order valence-corrected chi connectivity index (χ3v) is 7.03. The molecule has 164 valence electrons. The number of aromatic nitrogens is 3. The topological polar surface area (TPSA) is 72.6 Å². The number of halogens is 1. The lowest BCUT2D eigenvalue weighted by Gasteiger charge is -2.31. The Hall–Kier alpha value is -2.71. The monoisotopic (exact) mass is 426 g/mol. The summed E-state index contributed by atoms with van der Waals surface area (Å²) in [6, 6.07) is 5.14. The van der Waals surface area contributed by atoms with Crippen molar-refractivity contribution in [3.05, 3.63) is 47.5 Å². The van der Waals surface area contributed by atoms with Gasteiger partial charge in [-0.3, -0.25) is 4.90 Å². The Morgan fingerprint density at radius 2 is 2.10 bits per heavy atom. The second-order valence-corrected chi connectivity index (χ2v) is 8.73. The molecule has 2 aliphatic rings. The van der Waals surface area contributed by atoms with E-state index in [1.165, 1.54) is 13.2 Å². The molecule has 1 aliphatic heterocycles. The summed E-state index contributed by atoms with van der Waals surface area (Å²) in [4.78, 5) is 10.9. The molecule has 1 N–H and O–H groups in total. The van der Waals surface area contributed by atoms with E-state index in [0.717, 1.165) is 42.5 Å². The molecule has 2 fully saturated rings. The van der Waals surface area contributed by atoms with Gasteiger partial charge in [-0.25, -0.2) is 9.37 Å². The highest BCUT2D eigenvalue weighted by atomic mass is 19.1. The largest absolute Gasteiger partial charge is 0.481 e. The number of likely N-dealkylation sites (tertiary alicyclic amines) is 1. The Morgan fingerprint density at radius 1 is 1.26 bits per heavy atom. The summed E-state index contributed by atoms with van der Waals surface area (Å²) >= 11 is 0. The minimum absolute atomic E-state index is 0.0603. The molecule has 5 rings (SSSR count). The van der Waals surface area contributed by atoms with Crippen LogP contribution in [-0.2, 0) is 19.2 Å². The lowest BCUT2D eigenvalue weighted by molar-refractivity contribution is -0.00970. The molecule has 1 aliphatic carbocycles. The number of hydrogen-bond acceptors (Lipinski definition) is 6. The van der Waals surface area contributed by atoms with Gasteiger partial charge in [0.25, 0.3) is 0 Å². The van der Waals surface area contributed by atoms with Crippen molar-refractivity contribution in [2.24, 2.45) is 18.9 Å². The zero-order chi connectivity index (χ0) is 21.8. The van der Waals surface area contributed by atoms with Crippen molar-refractivity contribution < 1.29 is 19.0 Å². The first-order valence-electron chi connectivity index (χ1n) is 10.6. The van der Waals surface area contributed by atoms with Gasteiger partial charge in [-0.1, -0.05) is 0 Å². The van der Waals surface area contributed by atoms with Gasteiger partial charge in [-0.2, -0.15) is 4.98 Å². The summed E-state index contributed by atoms with van der Waals surface area (Å²) in [7, 11) is 5.03. The van der Waals surface area contributed by atoms with E-state index in [4.69, 9.17) is 9.47 Å². The second-order valence-electron chi connectivity index (χ2n) is 8.73. The van der Waals surface area contributed by atoms with E-state index >= 15 is 0 Å². The summed E-state index contributed by atoms with van der Waals surface area (Å²) in [5.41, 5.74) is 1.71. The highest BCUT2D eigenvalue weighted by Gasteiger charge is 2.53. The van der Waals surface area contributed by atoms with Crippen molar-refractivity contribution in [3.63, 3.8) is 0 Å². The fourth-order valence-corrected chi connectivity index (χ4v) is 5.56. The molecule has 0 amide bonds. The molecular formula is C23H27FN4O3. The molecule has 0 radical (unpaired) electrons. The third-order valence-electron chi connectivity index (χ3n) is 7.03. The number of rotatable bonds is 5. The molecule has 1 saturated heterocycles. The quantitative estimate of drug-likeness (QED) is 0.677. The minimum atomic E-state index is -1.04. The van der Waals surface area contributed by atoms with E-state index in [9.17, 15) is 9.50 Å². The first-order valence-corrected chi connectivity index (χ1v) is 10.6. The molecule has 0 spiro atoms. The number of aryl methyl sites for hydroxylation is 1. The molecule has 0 bridgehead atoms.